The van der Waals surface area contributed by atoms with E-state index in [9.17, 15) is 9.50 Å². The summed E-state index contributed by atoms with van der Waals surface area (Å²) in [6.07, 6.45) is 0. The predicted molar refractivity (Wildman–Crippen MR) is 111 cm³/mol. The van der Waals surface area contributed by atoms with Crippen LogP contribution >= 0.6 is 11.3 Å². The largest absolute Gasteiger partial charge is 2.00 e. The first-order valence-corrected chi connectivity index (χ1v) is 9.75. The maximum atomic E-state index is 13.5. The van der Waals surface area contributed by atoms with Crippen molar-refractivity contribution in [2.24, 2.45) is 0 Å². The zero-order valence-electron chi connectivity index (χ0n) is 16.0. The SMILES string of the molecule is Cc1ccc2c(c1)-c1cc(-c3[nH+]c4ccc(F)cc4s3)c([O-])cc1C2(C)C.[Be+2]. The molecule has 0 aliphatic heterocycles. The minimum absolute atomic E-state index is 0. The van der Waals surface area contributed by atoms with Gasteiger partial charge in [0.15, 0.2) is 0 Å². The number of nitrogens with one attached hydrogen (secondary N) is 1. The number of H-pyrrole nitrogens is 1. The van der Waals surface area contributed by atoms with Crippen molar-refractivity contribution in [1.82, 2.24) is 0 Å². The number of fused-ring (bicyclic) bond motifs is 4. The summed E-state index contributed by atoms with van der Waals surface area (Å²) in [5, 5.41) is 13.7. The van der Waals surface area contributed by atoms with Crippen molar-refractivity contribution in [2.45, 2.75) is 26.2 Å². The molecular weight excluding hydrogens is 366 g/mol. The summed E-state index contributed by atoms with van der Waals surface area (Å²) < 4.78 is 14.3. The van der Waals surface area contributed by atoms with Gasteiger partial charge in [0, 0.05) is 11.5 Å². The molecular formula is C23H18BeFNOS+2. The third kappa shape index (κ3) is 2.60. The van der Waals surface area contributed by atoms with E-state index < -0.39 is 0 Å². The number of thiazole rings is 1. The number of benzene rings is 3. The number of hydrogen-bond donors (Lipinski definition) is 0. The summed E-state index contributed by atoms with van der Waals surface area (Å²) >= 11 is 1.41. The van der Waals surface area contributed by atoms with Crippen molar-refractivity contribution in [3.63, 3.8) is 0 Å². The maximum absolute atomic E-state index is 13.5. The normalized spacial score (nSPS) is 13.9. The van der Waals surface area contributed by atoms with Crippen molar-refractivity contribution in [1.29, 1.82) is 0 Å². The van der Waals surface area contributed by atoms with E-state index in [1.54, 1.807) is 12.1 Å². The topological polar surface area (TPSA) is 37.2 Å². The molecule has 134 valence electrons. The quantitative estimate of drug-likeness (QED) is 0.433. The molecule has 0 radical (unpaired) electrons. The molecule has 0 saturated carbocycles. The molecule has 1 N–H and O–H groups in total. The number of aryl methyl sites for hydroxylation is 1. The van der Waals surface area contributed by atoms with Crippen LogP contribution in [0.1, 0.15) is 30.5 Å². The Morgan fingerprint density at radius 2 is 1.68 bits per heavy atom. The van der Waals surface area contributed by atoms with Crippen LogP contribution in [-0.4, -0.2) is 10.1 Å². The van der Waals surface area contributed by atoms with Crippen LogP contribution in [0.2, 0.25) is 0 Å². The van der Waals surface area contributed by atoms with Crippen molar-refractivity contribution in [3.05, 3.63) is 71.0 Å². The fraction of sp³-hybridized carbons (Fsp3) is 0.174. The number of rotatable bonds is 1. The molecule has 5 heteroatoms. The van der Waals surface area contributed by atoms with Gasteiger partial charge in [0.2, 0.25) is 5.52 Å². The van der Waals surface area contributed by atoms with Gasteiger partial charge in [0.1, 0.15) is 10.5 Å². The van der Waals surface area contributed by atoms with Gasteiger partial charge in [0.05, 0.1) is 5.56 Å². The Kier molecular flexibility index (Phi) is 4.18. The summed E-state index contributed by atoms with van der Waals surface area (Å²) in [6, 6.07) is 14.9. The average molecular weight is 384 g/mol. The van der Waals surface area contributed by atoms with E-state index in [4.69, 9.17) is 0 Å². The fourth-order valence-corrected chi connectivity index (χ4v) is 5.18. The van der Waals surface area contributed by atoms with Crippen molar-refractivity contribution in [2.75, 3.05) is 0 Å². The molecule has 1 aliphatic carbocycles. The summed E-state index contributed by atoms with van der Waals surface area (Å²) in [4.78, 5) is 3.28. The number of halogens is 1. The molecule has 0 atom stereocenters. The van der Waals surface area contributed by atoms with E-state index in [-0.39, 0.29) is 27.1 Å². The van der Waals surface area contributed by atoms with E-state index in [0.717, 1.165) is 26.4 Å². The molecule has 28 heavy (non-hydrogen) atoms. The number of aromatic amines is 1. The molecule has 0 amide bonds. The molecule has 0 saturated heterocycles. The second-order valence-electron chi connectivity index (χ2n) is 7.76. The van der Waals surface area contributed by atoms with Crippen LogP contribution in [-0.2, 0) is 5.41 Å². The van der Waals surface area contributed by atoms with Crippen LogP contribution in [0.4, 0.5) is 4.39 Å². The molecule has 0 bridgehead atoms. The third-order valence-electron chi connectivity index (χ3n) is 5.58. The van der Waals surface area contributed by atoms with Crippen LogP contribution in [0.5, 0.6) is 5.75 Å². The standard InChI is InChI=1S/C23H18FNOS.Be/c1-12-4-6-17-14(8-12)15-10-16(20(26)11-18(15)23(17,2)3)22-25-19-7-5-13(24)9-21(19)27-22;/h4-11,26H,1-3H3;/q;+2. The van der Waals surface area contributed by atoms with Gasteiger partial charge >= 0.3 is 10.1 Å². The molecule has 2 nitrogen and oxygen atoms in total. The van der Waals surface area contributed by atoms with Gasteiger partial charge in [-0.05, 0) is 47.4 Å². The Morgan fingerprint density at radius 3 is 2.46 bits per heavy atom. The monoisotopic (exact) mass is 384 g/mol. The second kappa shape index (κ2) is 6.23. The van der Waals surface area contributed by atoms with Crippen LogP contribution in [0.15, 0.2) is 48.5 Å². The van der Waals surface area contributed by atoms with E-state index in [2.05, 4.69) is 44.0 Å². The van der Waals surface area contributed by atoms with E-state index in [1.165, 1.54) is 40.2 Å². The Bertz CT molecular complexity index is 1250. The van der Waals surface area contributed by atoms with Gasteiger partial charge in [-0.25, -0.2) is 4.39 Å². The number of aromatic nitrogens is 1. The number of hydrogen-bond acceptors (Lipinski definition) is 2. The van der Waals surface area contributed by atoms with E-state index >= 15 is 0 Å². The van der Waals surface area contributed by atoms with Gasteiger partial charge < -0.3 is 5.11 Å². The first kappa shape index (κ1) is 18.8. The summed E-state index contributed by atoms with van der Waals surface area (Å²) in [5.41, 5.74) is 7.13. The van der Waals surface area contributed by atoms with Crippen molar-refractivity contribution in [3.8, 4) is 27.4 Å². The van der Waals surface area contributed by atoms with Crippen LogP contribution in [0, 0.1) is 12.7 Å². The predicted octanol–water partition coefficient (Wildman–Crippen LogP) is 4.83. The molecule has 3 aromatic carbocycles. The second-order valence-corrected chi connectivity index (χ2v) is 8.82. The zero-order valence-corrected chi connectivity index (χ0v) is 16.8. The Balaban J connectivity index is 0.00000192. The molecule has 1 heterocycles. The van der Waals surface area contributed by atoms with Gasteiger partial charge in [-0.1, -0.05) is 60.8 Å². The molecule has 0 spiro atoms. The minimum Gasteiger partial charge on any atom is -0.872 e. The zero-order chi connectivity index (χ0) is 18.9. The Hall–Kier alpha value is -2.55. The summed E-state index contributed by atoms with van der Waals surface area (Å²) in [5.74, 6) is -0.276. The van der Waals surface area contributed by atoms with Crippen molar-refractivity contribution >= 4 is 31.7 Å². The smallest absolute Gasteiger partial charge is 0.872 e. The molecule has 5 rings (SSSR count). The molecule has 0 unspecified atom stereocenters. The van der Waals surface area contributed by atoms with Gasteiger partial charge in [0.25, 0.3) is 5.01 Å². The van der Waals surface area contributed by atoms with E-state index in [1.807, 2.05) is 6.07 Å². The Labute approximate surface area is 170 Å². The first-order valence-electron chi connectivity index (χ1n) is 8.93. The average Bonchev–Trinajstić information content (AvgIpc) is 3.11. The van der Waals surface area contributed by atoms with Gasteiger partial charge in [-0.3, -0.25) is 0 Å². The maximum Gasteiger partial charge on any atom is 2.00 e. The molecule has 1 aliphatic rings. The van der Waals surface area contributed by atoms with Gasteiger partial charge in [-0.2, -0.15) is 4.98 Å². The molecule has 1 aromatic heterocycles. The molecule has 4 aromatic rings. The third-order valence-corrected chi connectivity index (χ3v) is 6.66. The summed E-state index contributed by atoms with van der Waals surface area (Å²) in [6.45, 7) is 6.42. The summed E-state index contributed by atoms with van der Waals surface area (Å²) in [7, 11) is 0. The minimum atomic E-state index is -0.272. The van der Waals surface area contributed by atoms with Gasteiger partial charge in [-0.15, -0.1) is 0 Å². The first-order chi connectivity index (χ1) is 12.8. The van der Waals surface area contributed by atoms with Crippen LogP contribution in [0.3, 0.4) is 0 Å². The van der Waals surface area contributed by atoms with Crippen LogP contribution in [0.25, 0.3) is 31.9 Å². The van der Waals surface area contributed by atoms with Crippen LogP contribution < -0.4 is 10.1 Å². The van der Waals surface area contributed by atoms with Crippen molar-refractivity contribution < 1.29 is 14.5 Å². The Morgan fingerprint density at radius 1 is 0.929 bits per heavy atom. The van der Waals surface area contributed by atoms with E-state index in [0.29, 0.717) is 5.56 Å². The molecule has 0 fully saturated rings. The fourth-order valence-electron chi connectivity index (χ4n) is 4.13.